The fourth-order valence-corrected chi connectivity index (χ4v) is 1.35. The van der Waals surface area contributed by atoms with Crippen molar-refractivity contribution in [2.75, 3.05) is 5.32 Å². The Labute approximate surface area is 81.2 Å². The lowest BCUT2D eigenvalue weighted by molar-refractivity contribution is 0.251. The van der Waals surface area contributed by atoms with E-state index in [0.717, 1.165) is 5.00 Å². The van der Waals surface area contributed by atoms with Gasteiger partial charge in [-0.05, 0) is 24.4 Å². The van der Waals surface area contributed by atoms with Gasteiger partial charge in [-0.1, -0.05) is 5.92 Å². The molecule has 0 aromatic carbocycles. The third kappa shape index (κ3) is 3.18. The Balaban J connectivity index is 2.39. The first-order valence-corrected chi connectivity index (χ1v) is 4.67. The molecule has 13 heavy (non-hydrogen) atoms. The number of rotatable bonds is 2. The maximum absolute atomic E-state index is 11.2. The summed E-state index contributed by atoms with van der Waals surface area (Å²) in [7, 11) is 0. The molecule has 1 heterocycles. The number of nitrogens with one attached hydrogen (secondary N) is 2. The molecule has 1 aromatic heterocycles. The van der Waals surface area contributed by atoms with Crippen LogP contribution in [0.3, 0.4) is 0 Å². The average molecular weight is 194 g/mol. The maximum Gasteiger partial charge on any atom is 0.320 e. The molecule has 1 unspecified atom stereocenters. The topological polar surface area (TPSA) is 41.1 Å². The minimum absolute atomic E-state index is 0.250. The van der Waals surface area contributed by atoms with E-state index in [-0.39, 0.29) is 12.1 Å². The van der Waals surface area contributed by atoms with Crippen molar-refractivity contribution < 1.29 is 4.79 Å². The first-order chi connectivity index (χ1) is 6.22. The van der Waals surface area contributed by atoms with E-state index in [9.17, 15) is 4.79 Å². The van der Waals surface area contributed by atoms with Gasteiger partial charge in [0.2, 0.25) is 0 Å². The standard InChI is InChI=1S/C9H10N2OS/c1-3-7(2)10-9(12)11-8-5-4-6-13-8/h1,4-7H,2H3,(H2,10,11,12). The van der Waals surface area contributed by atoms with E-state index in [4.69, 9.17) is 6.42 Å². The highest BCUT2D eigenvalue weighted by atomic mass is 32.1. The molecule has 0 spiro atoms. The first-order valence-electron chi connectivity index (χ1n) is 3.79. The van der Waals surface area contributed by atoms with Gasteiger partial charge < -0.3 is 5.32 Å². The molecule has 0 fully saturated rings. The van der Waals surface area contributed by atoms with Crippen LogP contribution in [0.1, 0.15) is 6.92 Å². The molecular formula is C9H10N2OS. The third-order valence-corrected chi connectivity index (χ3v) is 2.14. The predicted octanol–water partition coefficient (Wildman–Crippen LogP) is 1.89. The van der Waals surface area contributed by atoms with E-state index in [1.807, 2.05) is 17.5 Å². The van der Waals surface area contributed by atoms with E-state index in [2.05, 4.69) is 16.6 Å². The van der Waals surface area contributed by atoms with Gasteiger partial charge in [-0.2, -0.15) is 0 Å². The van der Waals surface area contributed by atoms with Gasteiger partial charge >= 0.3 is 6.03 Å². The van der Waals surface area contributed by atoms with Crippen LogP contribution in [0, 0.1) is 12.3 Å². The number of hydrogen-bond acceptors (Lipinski definition) is 2. The molecule has 2 amide bonds. The predicted molar refractivity (Wildman–Crippen MR) is 54.8 cm³/mol. The summed E-state index contributed by atoms with van der Waals surface area (Å²) in [6.07, 6.45) is 5.10. The monoisotopic (exact) mass is 194 g/mol. The molecule has 0 saturated carbocycles. The molecule has 68 valence electrons. The Kier molecular flexibility index (Phi) is 3.35. The molecule has 0 aliphatic heterocycles. The number of terminal acetylenes is 1. The van der Waals surface area contributed by atoms with Gasteiger partial charge in [-0.3, -0.25) is 5.32 Å². The Bertz CT molecular complexity index is 313. The normalized spacial score (nSPS) is 11.4. The van der Waals surface area contributed by atoms with Crippen LogP contribution >= 0.6 is 11.3 Å². The molecular weight excluding hydrogens is 184 g/mol. The largest absolute Gasteiger partial charge is 0.325 e. The van der Waals surface area contributed by atoms with Crippen LogP contribution in [0.4, 0.5) is 9.80 Å². The Morgan fingerprint density at radius 3 is 3.08 bits per heavy atom. The minimum Gasteiger partial charge on any atom is -0.325 e. The number of carbonyl (C=O) groups excluding carboxylic acids is 1. The summed E-state index contributed by atoms with van der Waals surface area (Å²) in [5.74, 6) is 2.41. The second-order valence-electron chi connectivity index (χ2n) is 2.46. The lowest BCUT2D eigenvalue weighted by Crippen LogP contribution is -2.34. The summed E-state index contributed by atoms with van der Waals surface area (Å²) >= 11 is 1.46. The molecule has 0 aliphatic rings. The smallest absolute Gasteiger partial charge is 0.320 e. The van der Waals surface area contributed by atoms with Crippen LogP contribution in [0.25, 0.3) is 0 Å². The van der Waals surface area contributed by atoms with Crippen molar-refractivity contribution in [3.8, 4) is 12.3 Å². The lowest BCUT2D eigenvalue weighted by atomic mass is 10.4. The number of carbonyl (C=O) groups is 1. The third-order valence-electron chi connectivity index (χ3n) is 1.36. The number of thiophene rings is 1. The summed E-state index contributed by atoms with van der Waals surface area (Å²) in [5, 5.41) is 7.94. The fraction of sp³-hybridized carbons (Fsp3) is 0.222. The summed E-state index contributed by atoms with van der Waals surface area (Å²) in [4.78, 5) is 11.2. The van der Waals surface area contributed by atoms with Gasteiger partial charge in [0.15, 0.2) is 0 Å². The van der Waals surface area contributed by atoms with E-state index < -0.39 is 0 Å². The number of amides is 2. The van der Waals surface area contributed by atoms with Crippen molar-refractivity contribution in [3.63, 3.8) is 0 Å². The van der Waals surface area contributed by atoms with E-state index >= 15 is 0 Å². The molecule has 0 saturated heterocycles. The SMILES string of the molecule is C#CC(C)NC(=O)Nc1cccs1. The highest BCUT2D eigenvalue weighted by molar-refractivity contribution is 7.14. The van der Waals surface area contributed by atoms with Crippen molar-refractivity contribution in [1.82, 2.24) is 5.32 Å². The highest BCUT2D eigenvalue weighted by Gasteiger charge is 2.03. The second kappa shape index (κ2) is 4.53. The average Bonchev–Trinajstić information content (AvgIpc) is 2.56. The molecule has 0 aliphatic carbocycles. The Morgan fingerprint density at radius 2 is 2.54 bits per heavy atom. The Hall–Kier alpha value is -1.47. The zero-order chi connectivity index (χ0) is 9.68. The Morgan fingerprint density at radius 1 is 1.77 bits per heavy atom. The molecule has 3 nitrogen and oxygen atoms in total. The van der Waals surface area contributed by atoms with Crippen molar-refractivity contribution in [2.24, 2.45) is 0 Å². The summed E-state index contributed by atoms with van der Waals surface area (Å²) in [6.45, 7) is 1.74. The molecule has 2 N–H and O–H groups in total. The van der Waals surface area contributed by atoms with Crippen molar-refractivity contribution in [1.29, 1.82) is 0 Å². The van der Waals surface area contributed by atoms with Crippen LogP contribution in [-0.2, 0) is 0 Å². The van der Waals surface area contributed by atoms with Gasteiger partial charge in [0.05, 0.1) is 11.0 Å². The molecule has 0 bridgehead atoms. The van der Waals surface area contributed by atoms with Gasteiger partial charge in [0, 0.05) is 0 Å². The molecule has 1 rings (SSSR count). The molecule has 1 atom stereocenters. The highest BCUT2D eigenvalue weighted by Crippen LogP contribution is 2.14. The van der Waals surface area contributed by atoms with Crippen LogP contribution in [0.5, 0.6) is 0 Å². The zero-order valence-corrected chi connectivity index (χ0v) is 8.02. The van der Waals surface area contributed by atoms with Gasteiger partial charge in [0.1, 0.15) is 0 Å². The quantitative estimate of drug-likeness (QED) is 0.693. The number of hydrogen-bond donors (Lipinski definition) is 2. The zero-order valence-electron chi connectivity index (χ0n) is 7.20. The summed E-state index contributed by atoms with van der Waals surface area (Å²) in [6, 6.07) is 3.17. The van der Waals surface area contributed by atoms with Gasteiger partial charge in [0.25, 0.3) is 0 Å². The second-order valence-corrected chi connectivity index (χ2v) is 3.41. The summed E-state index contributed by atoms with van der Waals surface area (Å²) in [5.41, 5.74) is 0. The molecule has 0 radical (unpaired) electrons. The van der Waals surface area contributed by atoms with Crippen LogP contribution in [0.15, 0.2) is 17.5 Å². The summed E-state index contributed by atoms with van der Waals surface area (Å²) < 4.78 is 0. The van der Waals surface area contributed by atoms with Crippen molar-refractivity contribution in [2.45, 2.75) is 13.0 Å². The fourth-order valence-electron chi connectivity index (χ4n) is 0.736. The number of urea groups is 1. The van der Waals surface area contributed by atoms with E-state index in [1.54, 1.807) is 6.92 Å². The van der Waals surface area contributed by atoms with Crippen LogP contribution < -0.4 is 10.6 Å². The number of anilines is 1. The van der Waals surface area contributed by atoms with Crippen LogP contribution in [0.2, 0.25) is 0 Å². The van der Waals surface area contributed by atoms with E-state index in [1.165, 1.54) is 11.3 Å². The van der Waals surface area contributed by atoms with Crippen molar-refractivity contribution in [3.05, 3.63) is 17.5 Å². The molecule has 1 aromatic rings. The molecule has 4 heteroatoms. The van der Waals surface area contributed by atoms with Gasteiger partial charge in [-0.25, -0.2) is 4.79 Å². The maximum atomic E-state index is 11.2. The van der Waals surface area contributed by atoms with Crippen LogP contribution in [-0.4, -0.2) is 12.1 Å². The van der Waals surface area contributed by atoms with Gasteiger partial charge in [-0.15, -0.1) is 17.8 Å². The van der Waals surface area contributed by atoms with E-state index in [0.29, 0.717) is 0 Å². The van der Waals surface area contributed by atoms with Crippen molar-refractivity contribution >= 4 is 22.4 Å². The minimum atomic E-state index is -0.270. The lowest BCUT2D eigenvalue weighted by Gasteiger charge is -2.07. The first kappa shape index (κ1) is 9.62.